The van der Waals surface area contributed by atoms with Gasteiger partial charge in [-0.15, -0.1) is 11.3 Å². The molecule has 2 aliphatic rings. The van der Waals surface area contributed by atoms with Gasteiger partial charge in [-0.05, 0) is 62.8 Å². The molecule has 138 valence electrons. The molecule has 26 heavy (non-hydrogen) atoms. The Hall–Kier alpha value is -1.62. The number of benzene rings is 1. The van der Waals surface area contributed by atoms with Crippen molar-refractivity contribution < 1.29 is 9.84 Å². The summed E-state index contributed by atoms with van der Waals surface area (Å²) in [5.74, 6) is 0.882. The summed E-state index contributed by atoms with van der Waals surface area (Å²) in [6, 6.07) is 10.4. The van der Waals surface area contributed by atoms with Gasteiger partial charge in [-0.1, -0.05) is 29.8 Å². The molecule has 3 atom stereocenters. The van der Waals surface area contributed by atoms with Crippen molar-refractivity contribution in [1.29, 1.82) is 0 Å². The monoisotopic (exact) mass is 369 g/mol. The lowest BCUT2D eigenvalue weighted by molar-refractivity contribution is 0.0455. The van der Waals surface area contributed by atoms with Gasteiger partial charge in [-0.3, -0.25) is 0 Å². The third-order valence-electron chi connectivity index (χ3n) is 5.52. The van der Waals surface area contributed by atoms with Crippen LogP contribution >= 0.6 is 11.3 Å². The maximum Gasteiger partial charge on any atom is 0.126 e. The molecule has 3 unspecified atom stereocenters. The number of fused-ring (bicyclic) bond motifs is 1. The Bertz CT molecular complexity index is 810. The van der Waals surface area contributed by atoms with Gasteiger partial charge in [-0.25, -0.2) is 0 Å². The normalized spacial score (nSPS) is 25.0. The molecule has 1 saturated carbocycles. The number of aliphatic hydroxyl groups is 1. The zero-order valence-electron chi connectivity index (χ0n) is 15.5. The summed E-state index contributed by atoms with van der Waals surface area (Å²) in [6.07, 6.45) is 5.85. The van der Waals surface area contributed by atoms with Crippen molar-refractivity contribution in [3.63, 3.8) is 0 Å². The van der Waals surface area contributed by atoms with E-state index in [2.05, 4.69) is 24.4 Å². The predicted molar refractivity (Wildman–Crippen MR) is 108 cm³/mol. The first-order valence-corrected chi connectivity index (χ1v) is 10.3. The number of thiophene rings is 1. The molecule has 1 aromatic carbocycles. The highest BCUT2D eigenvalue weighted by Gasteiger charge is 2.36. The lowest BCUT2D eigenvalue weighted by atomic mass is 9.98. The van der Waals surface area contributed by atoms with Gasteiger partial charge in [0.2, 0.25) is 0 Å². The summed E-state index contributed by atoms with van der Waals surface area (Å²) >= 11 is 1.92. The lowest BCUT2D eigenvalue weighted by Gasteiger charge is -2.23. The molecule has 2 aliphatic carbocycles. The van der Waals surface area contributed by atoms with E-state index in [9.17, 15) is 5.11 Å². The lowest BCUT2D eigenvalue weighted by Crippen LogP contribution is -2.42. The molecule has 2 N–H and O–H groups in total. The third-order valence-corrected chi connectivity index (χ3v) is 6.64. The average Bonchev–Trinajstić information content (AvgIpc) is 3.17. The van der Waals surface area contributed by atoms with Crippen LogP contribution in [0.25, 0.3) is 6.08 Å². The second kappa shape index (κ2) is 7.55. The molecule has 0 saturated heterocycles. The fourth-order valence-electron chi connectivity index (χ4n) is 4.02. The molecule has 0 amide bonds. The minimum atomic E-state index is -0.460. The van der Waals surface area contributed by atoms with Gasteiger partial charge in [0.1, 0.15) is 18.0 Å². The number of aliphatic hydroxyl groups excluding tert-OH is 1. The molecule has 3 nitrogen and oxygen atoms in total. The summed E-state index contributed by atoms with van der Waals surface area (Å²) in [6.45, 7) is 5.08. The van der Waals surface area contributed by atoms with Crippen LogP contribution in [0.1, 0.15) is 40.1 Å². The second-order valence-electron chi connectivity index (χ2n) is 7.52. The number of nitrogens with one attached hydrogen (secondary N) is 1. The van der Waals surface area contributed by atoms with E-state index in [0.717, 1.165) is 43.5 Å². The highest BCUT2D eigenvalue weighted by molar-refractivity contribution is 7.12. The summed E-state index contributed by atoms with van der Waals surface area (Å²) in [4.78, 5) is 2.90. The Balaban J connectivity index is 1.34. The predicted octanol–water partition coefficient (Wildman–Crippen LogP) is 4.26. The van der Waals surface area contributed by atoms with Crippen LogP contribution < -0.4 is 10.1 Å². The minimum Gasteiger partial charge on any atom is -0.487 e. The molecule has 4 rings (SSSR count). The van der Waals surface area contributed by atoms with Crippen LogP contribution in [0.5, 0.6) is 5.75 Å². The molecule has 2 aromatic rings. The zero-order chi connectivity index (χ0) is 18.1. The van der Waals surface area contributed by atoms with E-state index in [4.69, 9.17) is 4.74 Å². The quantitative estimate of drug-likeness (QED) is 0.828. The van der Waals surface area contributed by atoms with E-state index in [1.54, 1.807) is 0 Å². The maximum atomic E-state index is 10.7. The third kappa shape index (κ3) is 3.73. The number of hydrogen-bond donors (Lipinski definition) is 2. The molecular weight excluding hydrogens is 342 g/mol. The number of aryl methyl sites for hydroxylation is 3. The van der Waals surface area contributed by atoms with E-state index in [0.29, 0.717) is 0 Å². The second-order valence-corrected chi connectivity index (χ2v) is 8.86. The molecule has 1 aromatic heterocycles. The zero-order valence-corrected chi connectivity index (χ0v) is 16.3. The highest BCUT2D eigenvalue weighted by atomic mass is 32.1. The van der Waals surface area contributed by atoms with Crippen molar-refractivity contribution in [3.05, 3.63) is 56.8 Å². The highest BCUT2D eigenvalue weighted by Crippen LogP contribution is 2.31. The van der Waals surface area contributed by atoms with Crippen LogP contribution in [0.4, 0.5) is 0 Å². The van der Waals surface area contributed by atoms with Crippen molar-refractivity contribution in [1.82, 2.24) is 5.32 Å². The van der Waals surface area contributed by atoms with E-state index >= 15 is 0 Å². The van der Waals surface area contributed by atoms with Gasteiger partial charge in [0.25, 0.3) is 0 Å². The van der Waals surface area contributed by atoms with Gasteiger partial charge in [0.15, 0.2) is 0 Å². The van der Waals surface area contributed by atoms with Crippen LogP contribution in [0.2, 0.25) is 0 Å². The SMILES string of the molecule is Cc1cc2c(s1)CCC(CNC1CCC(Oc3ccccc3C)C1O)=C2. The Morgan fingerprint density at radius 3 is 2.88 bits per heavy atom. The summed E-state index contributed by atoms with van der Waals surface area (Å²) < 4.78 is 6.09. The molecule has 1 fully saturated rings. The Kier molecular flexibility index (Phi) is 5.16. The molecule has 4 heteroatoms. The molecular formula is C22H27NO2S. The number of rotatable bonds is 5. The Morgan fingerprint density at radius 1 is 1.19 bits per heavy atom. The van der Waals surface area contributed by atoms with Crippen molar-refractivity contribution >= 4 is 17.4 Å². The van der Waals surface area contributed by atoms with Crippen LogP contribution in [-0.2, 0) is 6.42 Å². The van der Waals surface area contributed by atoms with Gasteiger partial charge in [0, 0.05) is 22.3 Å². The van der Waals surface area contributed by atoms with E-state index < -0.39 is 6.10 Å². The summed E-state index contributed by atoms with van der Waals surface area (Å²) in [5.41, 5.74) is 3.94. The first-order valence-electron chi connectivity index (χ1n) is 9.52. The van der Waals surface area contributed by atoms with Crippen molar-refractivity contribution in [3.8, 4) is 5.75 Å². The molecule has 0 spiro atoms. The average molecular weight is 370 g/mol. The maximum absolute atomic E-state index is 10.7. The van der Waals surface area contributed by atoms with Crippen molar-refractivity contribution in [2.45, 2.75) is 57.8 Å². The van der Waals surface area contributed by atoms with Gasteiger partial charge >= 0.3 is 0 Å². The van der Waals surface area contributed by atoms with Crippen LogP contribution in [0, 0.1) is 13.8 Å². The number of hydrogen-bond acceptors (Lipinski definition) is 4. The largest absolute Gasteiger partial charge is 0.487 e. The smallest absolute Gasteiger partial charge is 0.126 e. The first kappa shape index (κ1) is 17.8. The van der Waals surface area contributed by atoms with Crippen LogP contribution in [0.15, 0.2) is 35.9 Å². The molecule has 1 heterocycles. The summed E-state index contributed by atoms with van der Waals surface area (Å²) in [5, 5.41) is 14.3. The topological polar surface area (TPSA) is 41.5 Å². The Labute approximate surface area is 159 Å². The van der Waals surface area contributed by atoms with E-state index in [1.807, 2.05) is 42.5 Å². The van der Waals surface area contributed by atoms with Crippen LogP contribution in [0.3, 0.4) is 0 Å². The molecule has 0 aliphatic heterocycles. The molecule has 0 bridgehead atoms. The summed E-state index contributed by atoms with van der Waals surface area (Å²) in [7, 11) is 0. The Morgan fingerprint density at radius 2 is 2.04 bits per heavy atom. The number of para-hydroxylation sites is 1. The fraction of sp³-hybridized carbons (Fsp3) is 0.455. The first-order chi connectivity index (χ1) is 12.6. The minimum absolute atomic E-state index is 0.107. The fourth-order valence-corrected chi connectivity index (χ4v) is 5.03. The van der Waals surface area contributed by atoms with Gasteiger partial charge in [0.05, 0.1) is 0 Å². The van der Waals surface area contributed by atoms with Crippen molar-refractivity contribution in [2.75, 3.05) is 6.54 Å². The van der Waals surface area contributed by atoms with Gasteiger partial charge < -0.3 is 15.2 Å². The molecule has 0 radical (unpaired) electrons. The van der Waals surface area contributed by atoms with Crippen LogP contribution in [-0.4, -0.2) is 29.9 Å². The number of ether oxygens (including phenoxy) is 1. The van der Waals surface area contributed by atoms with Crippen molar-refractivity contribution in [2.24, 2.45) is 0 Å². The van der Waals surface area contributed by atoms with E-state index in [-0.39, 0.29) is 12.1 Å². The van der Waals surface area contributed by atoms with E-state index in [1.165, 1.54) is 20.9 Å². The van der Waals surface area contributed by atoms with Gasteiger partial charge in [-0.2, -0.15) is 0 Å². The standard InChI is InChI=1S/C22H27NO2S/c1-14-5-3-4-6-19(14)25-20-9-8-18(22(20)24)23-13-16-7-10-21-17(12-16)11-15(2)26-21/h3-6,11-12,18,20,22-24H,7-10,13H2,1-2H3.